The molecule has 0 amide bonds. The zero-order valence-electron chi connectivity index (χ0n) is 7.92. The van der Waals surface area contributed by atoms with E-state index in [0.29, 0.717) is 0 Å². The fourth-order valence-electron chi connectivity index (χ4n) is 0.993. The van der Waals surface area contributed by atoms with E-state index in [4.69, 9.17) is 0 Å². The van der Waals surface area contributed by atoms with Crippen molar-refractivity contribution in [2.75, 3.05) is 19.6 Å². The van der Waals surface area contributed by atoms with Crippen LogP contribution in [-0.2, 0) is 6.54 Å². The van der Waals surface area contributed by atoms with Crippen LogP contribution in [0, 0.1) is 0 Å². The fraction of sp³-hybridized carbons (Fsp3) is 0.750. The Morgan fingerprint density at radius 1 is 1.38 bits per heavy atom. The highest BCUT2D eigenvalue weighted by Gasteiger charge is 1.94. The first-order valence-electron chi connectivity index (χ1n) is 4.61. The van der Waals surface area contributed by atoms with Crippen molar-refractivity contribution >= 4 is 11.5 Å². The molecule has 2 N–H and O–H groups in total. The summed E-state index contributed by atoms with van der Waals surface area (Å²) in [5.74, 6) is 0. The van der Waals surface area contributed by atoms with Gasteiger partial charge in [0, 0.05) is 11.9 Å². The predicted octanol–water partition coefficient (Wildman–Crippen LogP) is 0.627. The van der Waals surface area contributed by atoms with Gasteiger partial charge in [-0.1, -0.05) is 11.4 Å². The van der Waals surface area contributed by atoms with E-state index in [1.807, 2.05) is 5.38 Å². The van der Waals surface area contributed by atoms with Crippen LogP contribution in [0.2, 0.25) is 0 Å². The molecule has 0 saturated heterocycles. The average molecular weight is 200 g/mol. The molecule has 0 aliphatic heterocycles. The summed E-state index contributed by atoms with van der Waals surface area (Å²) in [5.41, 5.74) is 1.04. The summed E-state index contributed by atoms with van der Waals surface area (Å²) in [6, 6.07) is 0. The third kappa shape index (κ3) is 4.92. The maximum atomic E-state index is 3.94. The van der Waals surface area contributed by atoms with E-state index >= 15 is 0 Å². The molecule has 5 heteroatoms. The van der Waals surface area contributed by atoms with Gasteiger partial charge < -0.3 is 10.6 Å². The van der Waals surface area contributed by atoms with E-state index in [0.717, 1.165) is 38.3 Å². The first kappa shape index (κ1) is 10.6. The van der Waals surface area contributed by atoms with Crippen LogP contribution >= 0.6 is 11.5 Å². The highest BCUT2D eigenvalue weighted by molar-refractivity contribution is 7.03. The molecule has 0 aromatic carbocycles. The molecule has 13 heavy (non-hydrogen) atoms. The van der Waals surface area contributed by atoms with Gasteiger partial charge in [0.2, 0.25) is 0 Å². The Bertz CT molecular complexity index is 200. The maximum Gasteiger partial charge on any atom is 0.0893 e. The van der Waals surface area contributed by atoms with Gasteiger partial charge in [-0.3, -0.25) is 0 Å². The molecule has 1 aromatic rings. The number of nitrogens with zero attached hydrogens (tertiary/aromatic N) is 2. The Morgan fingerprint density at radius 2 is 2.23 bits per heavy atom. The van der Waals surface area contributed by atoms with E-state index in [-0.39, 0.29) is 0 Å². The summed E-state index contributed by atoms with van der Waals surface area (Å²) in [5, 5.41) is 12.5. The van der Waals surface area contributed by atoms with Crippen molar-refractivity contribution in [3.8, 4) is 0 Å². The third-order valence-electron chi connectivity index (χ3n) is 1.67. The molecule has 0 spiro atoms. The first-order valence-corrected chi connectivity index (χ1v) is 5.44. The van der Waals surface area contributed by atoms with Gasteiger partial charge in [0.15, 0.2) is 0 Å². The number of hydrogen-bond donors (Lipinski definition) is 2. The molecule has 0 radical (unpaired) electrons. The lowest BCUT2D eigenvalue weighted by molar-refractivity contribution is 0.601. The van der Waals surface area contributed by atoms with Crippen LogP contribution in [0.3, 0.4) is 0 Å². The number of rotatable bonds is 7. The second-order valence-corrected chi connectivity index (χ2v) is 3.39. The van der Waals surface area contributed by atoms with Crippen molar-refractivity contribution in [1.29, 1.82) is 0 Å². The molecular weight excluding hydrogens is 184 g/mol. The van der Waals surface area contributed by atoms with Gasteiger partial charge in [0.25, 0.3) is 0 Å². The van der Waals surface area contributed by atoms with Gasteiger partial charge >= 0.3 is 0 Å². The minimum atomic E-state index is 0.836. The molecule has 4 nitrogen and oxygen atoms in total. The van der Waals surface area contributed by atoms with Crippen LogP contribution in [0.1, 0.15) is 19.0 Å². The molecule has 0 aliphatic rings. The Kier molecular flexibility index (Phi) is 5.64. The number of nitrogens with one attached hydrogen (secondary N) is 2. The van der Waals surface area contributed by atoms with Crippen LogP contribution in [0.4, 0.5) is 0 Å². The van der Waals surface area contributed by atoms with Crippen molar-refractivity contribution in [2.45, 2.75) is 19.9 Å². The highest BCUT2D eigenvalue weighted by atomic mass is 32.1. The van der Waals surface area contributed by atoms with Gasteiger partial charge in [0.05, 0.1) is 5.69 Å². The second-order valence-electron chi connectivity index (χ2n) is 2.78. The van der Waals surface area contributed by atoms with Crippen molar-refractivity contribution in [3.05, 3.63) is 11.1 Å². The van der Waals surface area contributed by atoms with Gasteiger partial charge in [-0.2, -0.15) is 0 Å². The summed E-state index contributed by atoms with van der Waals surface area (Å²) in [6.07, 6.45) is 1.16. The third-order valence-corrected chi connectivity index (χ3v) is 2.22. The summed E-state index contributed by atoms with van der Waals surface area (Å²) < 4.78 is 3.79. The summed E-state index contributed by atoms with van der Waals surface area (Å²) in [4.78, 5) is 0. The van der Waals surface area contributed by atoms with Gasteiger partial charge in [0.1, 0.15) is 0 Å². The van der Waals surface area contributed by atoms with Gasteiger partial charge in [-0.05, 0) is 37.6 Å². The Hall–Kier alpha value is -0.520. The zero-order chi connectivity index (χ0) is 9.36. The largest absolute Gasteiger partial charge is 0.317 e. The molecule has 0 saturated carbocycles. The van der Waals surface area contributed by atoms with Crippen LogP contribution in [0.15, 0.2) is 5.38 Å². The van der Waals surface area contributed by atoms with E-state index in [9.17, 15) is 0 Å². The SMILES string of the molecule is CCNCCCNCc1csnn1. The van der Waals surface area contributed by atoms with Crippen LogP contribution in [-0.4, -0.2) is 29.2 Å². The van der Waals surface area contributed by atoms with E-state index in [1.54, 1.807) is 0 Å². The van der Waals surface area contributed by atoms with Crippen molar-refractivity contribution in [3.63, 3.8) is 0 Å². The number of aromatic nitrogens is 2. The molecule has 0 atom stereocenters. The van der Waals surface area contributed by atoms with Crippen LogP contribution in [0.5, 0.6) is 0 Å². The summed E-state index contributed by atoms with van der Waals surface area (Å²) >= 11 is 1.40. The van der Waals surface area contributed by atoms with Crippen LogP contribution < -0.4 is 10.6 Å². The molecule has 1 heterocycles. The first-order chi connectivity index (χ1) is 6.43. The lowest BCUT2D eigenvalue weighted by Crippen LogP contribution is -2.21. The summed E-state index contributed by atoms with van der Waals surface area (Å²) in [6.45, 7) is 6.12. The molecule has 1 aromatic heterocycles. The topological polar surface area (TPSA) is 49.8 Å². The fourth-order valence-corrected chi connectivity index (χ4v) is 1.44. The van der Waals surface area contributed by atoms with Crippen LogP contribution in [0.25, 0.3) is 0 Å². The quantitative estimate of drug-likeness (QED) is 0.634. The lowest BCUT2D eigenvalue weighted by atomic mass is 10.4. The second kappa shape index (κ2) is 6.94. The smallest absolute Gasteiger partial charge is 0.0893 e. The van der Waals surface area contributed by atoms with Gasteiger partial charge in [-0.15, -0.1) is 5.10 Å². The van der Waals surface area contributed by atoms with Crippen molar-refractivity contribution in [2.24, 2.45) is 0 Å². The molecule has 0 fully saturated rings. The molecule has 0 bridgehead atoms. The Balaban J connectivity index is 1.90. The monoisotopic (exact) mass is 200 g/mol. The minimum Gasteiger partial charge on any atom is -0.317 e. The Labute approximate surface area is 82.9 Å². The Morgan fingerprint density at radius 3 is 2.92 bits per heavy atom. The molecule has 0 aliphatic carbocycles. The maximum absolute atomic E-state index is 3.94. The molecule has 1 rings (SSSR count). The average Bonchev–Trinajstić information content (AvgIpc) is 2.63. The number of hydrogen-bond acceptors (Lipinski definition) is 5. The normalized spacial score (nSPS) is 10.5. The molecule has 74 valence electrons. The van der Waals surface area contributed by atoms with E-state index < -0.39 is 0 Å². The van der Waals surface area contributed by atoms with Gasteiger partial charge in [-0.25, -0.2) is 0 Å². The minimum absolute atomic E-state index is 0.836. The van der Waals surface area contributed by atoms with E-state index in [1.165, 1.54) is 11.5 Å². The van der Waals surface area contributed by atoms with Crippen molar-refractivity contribution in [1.82, 2.24) is 20.2 Å². The predicted molar refractivity (Wildman–Crippen MR) is 54.8 cm³/mol. The standard InChI is InChI=1S/C8H16N4S/c1-2-9-4-3-5-10-6-8-7-13-12-11-8/h7,9-10H,2-6H2,1H3. The molecule has 0 unspecified atom stereocenters. The van der Waals surface area contributed by atoms with E-state index in [2.05, 4.69) is 27.1 Å². The summed E-state index contributed by atoms with van der Waals surface area (Å²) in [7, 11) is 0. The zero-order valence-corrected chi connectivity index (χ0v) is 8.73. The molecular formula is C8H16N4S. The van der Waals surface area contributed by atoms with Crippen molar-refractivity contribution < 1.29 is 0 Å². The lowest BCUT2D eigenvalue weighted by Gasteiger charge is -2.02. The highest BCUT2D eigenvalue weighted by Crippen LogP contribution is 1.95.